The van der Waals surface area contributed by atoms with Crippen LogP contribution < -0.4 is 10.5 Å². The van der Waals surface area contributed by atoms with Crippen LogP contribution in [0, 0.1) is 0 Å². The summed E-state index contributed by atoms with van der Waals surface area (Å²) >= 11 is 0. The summed E-state index contributed by atoms with van der Waals surface area (Å²) in [5, 5.41) is 0. The molecule has 0 amide bonds. The Bertz CT molecular complexity index is 538. The van der Waals surface area contributed by atoms with Crippen molar-refractivity contribution in [2.45, 2.75) is 0 Å². The summed E-state index contributed by atoms with van der Waals surface area (Å²) in [7, 11) is 1.54. The van der Waals surface area contributed by atoms with Gasteiger partial charge in [0.25, 0.3) is 0 Å². The molecule has 0 radical (unpaired) electrons. The largest absolute Gasteiger partial charge is 0.495 e. The second-order valence-corrected chi connectivity index (χ2v) is 3.52. The number of aromatic nitrogens is 1. The number of nitrogen functional groups attached to an aromatic ring is 1. The van der Waals surface area contributed by atoms with Crippen LogP contribution in [0.4, 0.5) is 5.69 Å². The number of nitrogens with two attached hydrogens (primary N) is 1. The van der Waals surface area contributed by atoms with E-state index in [1.807, 2.05) is 0 Å². The van der Waals surface area contributed by atoms with Crippen molar-refractivity contribution in [3.05, 3.63) is 53.9 Å². The van der Waals surface area contributed by atoms with Crippen LogP contribution in [0.2, 0.25) is 0 Å². The average Bonchev–Trinajstić information content (AvgIpc) is 2.39. The van der Waals surface area contributed by atoms with Crippen molar-refractivity contribution < 1.29 is 9.53 Å². The fourth-order valence-electron chi connectivity index (χ4n) is 1.55. The van der Waals surface area contributed by atoms with Crippen molar-refractivity contribution in [3.8, 4) is 5.75 Å². The van der Waals surface area contributed by atoms with E-state index in [1.165, 1.54) is 7.11 Å². The lowest BCUT2D eigenvalue weighted by Crippen LogP contribution is -2.03. The van der Waals surface area contributed by atoms with Gasteiger partial charge in [-0.1, -0.05) is 0 Å². The number of benzene rings is 1. The second kappa shape index (κ2) is 4.65. The van der Waals surface area contributed by atoms with Crippen molar-refractivity contribution >= 4 is 11.5 Å². The van der Waals surface area contributed by atoms with Crippen molar-refractivity contribution in [2.75, 3.05) is 12.8 Å². The molecule has 0 saturated carbocycles. The van der Waals surface area contributed by atoms with E-state index in [-0.39, 0.29) is 5.78 Å². The molecular formula is C13H12N2O2. The first-order chi connectivity index (χ1) is 8.22. The van der Waals surface area contributed by atoms with Crippen LogP contribution in [0.5, 0.6) is 5.75 Å². The number of rotatable bonds is 3. The highest BCUT2D eigenvalue weighted by Crippen LogP contribution is 2.23. The number of hydrogen-bond acceptors (Lipinski definition) is 4. The van der Waals surface area contributed by atoms with Crippen LogP contribution in [0.25, 0.3) is 0 Å². The van der Waals surface area contributed by atoms with E-state index in [9.17, 15) is 4.79 Å². The number of methoxy groups -OCH3 is 1. The number of anilines is 1. The molecular weight excluding hydrogens is 216 g/mol. The van der Waals surface area contributed by atoms with Gasteiger partial charge in [0.2, 0.25) is 0 Å². The second-order valence-electron chi connectivity index (χ2n) is 3.52. The predicted molar refractivity (Wildman–Crippen MR) is 65.1 cm³/mol. The summed E-state index contributed by atoms with van der Waals surface area (Å²) in [6, 6.07) is 8.33. The first-order valence-electron chi connectivity index (χ1n) is 5.10. The fraction of sp³-hybridized carbons (Fsp3) is 0.0769. The van der Waals surface area contributed by atoms with E-state index in [0.717, 1.165) is 0 Å². The first kappa shape index (κ1) is 11.1. The number of ketones is 1. The highest BCUT2D eigenvalue weighted by molar-refractivity contribution is 6.09. The quantitative estimate of drug-likeness (QED) is 0.643. The lowest BCUT2D eigenvalue weighted by atomic mass is 10.0. The Hall–Kier alpha value is -2.36. The van der Waals surface area contributed by atoms with Crippen molar-refractivity contribution in [1.82, 2.24) is 4.98 Å². The normalized spacial score (nSPS) is 9.94. The van der Waals surface area contributed by atoms with E-state index in [0.29, 0.717) is 22.6 Å². The van der Waals surface area contributed by atoms with Gasteiger partial charge >= 0.3 is 0 Å². The van der Waals surface area contributed by atoms with Gasteiger partial charge in [0.05, 0.1) is 12.8 Å². The molecule has 2 aromatic rings. The molecule has 0 unspecified atom stereocenters. The van der Waals surface area contributed by atoms with Crippen LogP contribution in [0.3, 0.4) is 0 Å². The smallest absolute Gasteiger partial charge is 0.193 e. The lowest BCUT2D eigenvalue weighted by Gasteiger charge is -2.06. The van der Waals surface area contributed by atoms with Crippen LogP contribution in [-0.2, 0) is 0 Å². The highest BCUT2D eigenvalue weighted by atomic mass is 16.5. The van der Waals surface area contributed by atoms with Gasteiger partial charge in [-0.2, -0.15) is 0 Å². The van der Waals surface area contributed by atoms with Crippen LogP contribution in [0.1, 0.15) is 15.9 Å². The van der Waals surface area contributed by atoms with Gasteiger partial charge in [0.15, 0.2) is 5.78 Å². The molecule has 0 saturated heterocycles. The third kappa shape index (κ3) is 2.25. The molecule has 0 spiro atoms. The van der Waals surface area contributed by atoms with E-state index >= 15 is 0 Å². The summed E-state index contributed by atoms with van der Waals surface area (Å²) in [6.07, 6.45) is 3.17. The number of pyridine rings is 1. The number of nitrogens with zero attached hydrogens (tertiary/aromatic N) is 1. The molecule has 1 aromatic carbocycles. The molecule has 0 aliphatic rings. The van der Waals surface area contributed by atoms with Gasteiger partial charge in [-0.15, -0.1) is 0 Å². The Morgan fingerprint density at radius 2 is 1.88 bits per heavy atom. The van der Waals surface area contributed by atoms with Crippen molar-refractivity contribution in [2.24, 2.45) is 0 Å². The van der Waals surface area contributed by atoms with E-state index < -0.39 is 0 Å². The summed E-state index contributed by atoms with van der Waals surface area (Å²) in [4.78, 5) is 15.9. The molecule has 0 bridgehead atoms. The Morgan fingerprint density at radius 1 is 1.18 bits per heavy atom. The summed E-state index contributed by atoms with van der Waals surface area (Å²) in [6.45, 7) is 0. The van der Waals surface area contributed by atoms with Gasteiger partial charge in [0, 0.05) is 23.5 Å². The summed E-state index contributed by atoms with van der Waals surface area (Å²) < 4.78 is 5.04. The molecule has 1 heterocycles. The number of hydrogen-bond donors (Lipinski definition) is 1. The summed E-state index contributed by atoms with van der Waals surface area (Å²) in [5.41, 5.74) is 7.33. The van der Waals surface area contributed by atoms with E-state index in [4.69, 9.17) is 10.5 Å². The SMILES string of the molecule is COc1ccc(C(=O)c2ccncc2)cc1N. The van der Waals surface area contributed by atoms with Gasteiger partial charge in [-0.3, -0.25) is 9.78 Å². The molecule has 0 aliphatic carbocycles. The molecule has 17 heavy (non-hydrogen) atoms. The van der Waals surface area contributed by atoms with Crippen LogP contribution >= 0.6 is 0 Å². The maximum atomic E-state index is 12.1. The minimum atomic E-state index is -0.0817. The molecule has 86 valence electrons. The third-order valence-corrected chi connectivity index (χ3v) is 2.43. The molecule has 0 fully saturated rings. The molecule has 0 atom stereocenters. The molecule has 4 heteroatoms. The van der Waals surface area contributed by atoms with Gasteiger partial charge in [0.1, 0.15) is 5.75 Å². The van der Waals surface area contributed by atoms with Crippen molar-refractivity contribution in [3.63, 3.8) is 0 Å². The zero-order valence-corrected chi connectivity index (χ0v) is 9.38. The lowest BCUT2D eigenvalue weighted by molar-refractivity contribution is 0.103. The zero-order valence-electron chi connectivity index (χ0n) is 9.38. The van der Waals surface area contributed by atoms with E-state index in [1.54, 1.807) is 42.7 Å². The van der Waals surface area contributed by atoms with Gasteiger partial charge in [-0.25, -0.2) is 0 Å². The van der Waals surface area contributed by atoms with Crippen LogP contribution in [0.15, 0.2) is 42.7 Å². The molecule has 2 N–H and O–H groups in total. The monoisotopic (exact) mass is 228 g/mol. The summed E-state index contributed by atoms with van der Waals surface area (Å²) in [5.74, 6) is 0.484. The third-order valence-electron chi connectivity index (χ3n) is 2.43. The zero-order chi connectivity index (χ0) is 12.3. The Kier molecular flexibility index (Phi) is 3.05. The number of carbonyl (C=O) groups is 1. The Balaban J connectivity index is 2.35. The molecule has 2 rings (SSSR count). The predicted octanol–water partition coefficient (Wildman–Crippen LogP) is 1.90. The van der Waals surface area contributed by atoms with E-state index in [2.05, 4.69) is 4.98 Å². The highest BCUT2D eigenvalue weighted by Gasteiger charge is 2.10. The standard InChI is InChI=1S/C13H12N2O2/c1-17-12-3-2-10(8-11(12)14)13(16)9-4-6-15-7-5-9/h2-8H,14H2,1H3. The maximum absolute atomic E-state index is 12.1. The fourth-order valence-corrected chi connectivity index (χ4v) is 1.55. The van der Waals surface area contributed by atoms with Gasteiger partial charge < -0.3 is 10.5 Å². The minimum absolute atomic E-state index is 0.0817. The topological polar surface area (TPSA) is 65.2 Å². The first-order valence-corrected chi connectivity index (χ1v) is 5.10. The number of ether oxygens (including phenoxy) is 1. The molecule has 1 aromatic heterocycles. The van der Waals surface area contributed by atoms with Crippen molar-refractivity contribution in [1.29, 1.82) is 0 Å². The maximum Gasteiger partial charge on any atom is 0.193 e. The van der Waals surface area contributed by atoms with Crippen LogP contribution in [-0.4, -0.2) is 17.9 Å². The van der Waals surface area contributed by atoms with Gasteiger partial charge in [-0.05, 0) is 30.3 Å². The molecule has 4 nitrogen and oxygen atoms in total. The Morgan fingerprint density at radius 3 is 2.47 bits per heavy atom. The number of carbonyl (C=O) groups excluding carboxylic acids is 1. The average molecular weight is 228 g/mol. The Labute approximate surface area is 99.1 Å². The minimum Gasteiger partial charge on any atom is -0.495 e. The molecule has 0 aliphatic heterocycles.